The van der Waals surface area contributed by atoms with E-state index in [4.69, 9.17) is 4.74 Å². The van der Waals surface area contributed by atoms with Crippen LogP contribution in [-0.2, 0) is 9.53 Å². The Morgan fingerprint density at radius 2 is 2.29 bits per heavy atom. The fourth-order valence-electron chi connectivity index (χ4n) is 2.64. The van der Waals surface area contributed by atoms with E-state index in [-0.39, 0.29) is 24.3 Å². The second-order valence-corrected chi connectivity index (χ2v) is 4.62. The van der Waals surface area contributed by atoms with Crippen molar-refractivity contribution in [2.24, 2.45) is 5.92 Å². The molecule has 5 nitrogen and oxygen atoms in total. The van der Waals surface area contributed by atoms with E-state index in [9.17, 15) is 15.0 Å². The molecule has 2 rings (SSSR count). The van der Waals surface area contributed by atoms with E-state index in [1.807, 2.05) is 0 Å². The lowest BCUT2D eigenvalue weighted by Crippen LogP contribution is -2.50. The highest BCUT2D eigenvalue weighted by molar-refractivity contribution is 5.89. The first-order valence-corrected chi connectivity index (χ1v) is 6.11. The van der Waals surface area contributed by atoms with Crippen molar-refractivity contribution in [3.8, 4) is 0 Å². The van der Waals surface area contributed by atoms with Crippen LogP contribution in [0.25, 0.3) is 0 Å². The van der Waals surface area contributed by atoms with Gasteiger partial charge in [0, 0.05) is 25.0 Å². The molecule has 1 saturated heterocycles. The van der Waals surface area contributed by atoms with Crippen LogP contribution in [0.4, 0.5) is 0 Å². The van der Waals surface area contributed by atoms with Gasteiger partial charge in [0.05, 0.1) is 18.8 Å². The number of esters is 1. The maximum absolute atomic E-state index is 11.7. The van der Waals surface area contributed by atoms with Crippen LogP contribution in [0.2, 0.25) is 0 Å². The molecule has 2 heterocycles. The van der Waals surface area contributed by atoms with Crippen LogP contribution in [-0.4, -0.2) is 53.4 Å². The minimum Gasteiger partial charge on any atom is -0.511 e. The average molecular weight is 241 g/mol. The second-order valence-electron chi connectivity index (χ2n) is 4.62. The monoisotopic (exact) mass is 241 g/mol. The molecule has 2 bridgehead atoms. The van der Waals surface area contributed by atoms with E-state index in [1.165, 1.54) is 0 Å². The Labute approximate surface area is 101 Å². The molecule has 3 unspecified atom stereocenters. The predicted octanol–water partition coefficient (Wildman–Crippen LogP) is 0.448. The molecule has 2 aliphatic heterocycles. The number of carbonyl (C=O) groups excluding carboxylic acids is 1. The molecule has 5 heteroatoms. The molecule has 3 atom stereocenters. The van der Waals surface area contributed by atoms with Crippen molar-refractivity contribution >= 4 is 5.97 Å². The van der Waals surface area contributed by atoms with Crippen molar-refractivity contribution in [1.82, 2.24) is 4.90 Å². The summed E-state index contributed by atoms with van der Waals surface area (Å²) < 4.78 is 4.94. The highest BCUT2D eigenvalue weighted by Gasteiger charge is 2.38. The van der Waals surface area contributed by atoms with E-state index < -0.39 is 5.97 Å². The normalized spacial score (nSPS) is 32.5. The lowest BCUT2D eigenvalue weighted by molar-refractivity contribution is -0.139. The number of aliphatic hydroxyl groups is 2. The van der Waals surface area contributed by atoms with Crippen LogP contribution in [0.5, 0.6) is 0 Å². The quantitative estimate of drug-likeness (QED) is 0.702. The molecule has 0 spiro atoms. The molecule has 96 valence electrons. The predicted molar refractivity (Wildman–Crippen MR) is 61.5 cm³/mol. The third-order valence-corrected chi connectivity index (χ3v) is 3.61. The van der Waals surface area contributed by atoms with E-state index in [2.05, 4.69) is 4.90 Å². The number of piperidine rings is 1. The maximum Gasteiger partial charge on any atom is 0.338 e. The molecule has 17 heavy (non-hydrogen) atoms. The Kier molecular flexibility index (Phi) is 3.69. The van der Waals surface area contributed by atoms with Gasteiger partial charge >= 0.3 is 5.97 Å². The first-order chi connectivity index (χ1) is 8.17. The Morgan fingerprint density at radius 3 is 2.94 bits per heavy atom. The average Bonchev–Trinajstić information content (AvgIpc) is 2.34. The Morgan fingerprint density at radius 1 is 1.53 bits per heavy atom. The summed E-state index contributed by atoms with van der Waals surface area (Å²) in [5.41, 5.74) is 0.362. The molecule has 0 saturated carbocycles. The van der Waals surface area contributed by atoms with Crippen molar-refractivity contribution < 1.29 is 19.7 Å². The smallest absolute Gasteiger partial charge is 0.338 e. The first-order valence-electron chi connectivity index (χ1n) is 6.11. The number of nitrogens with zero attached hydrogens (tertiary/aromatic N) is 1. The van der Waals surface area contributed by atoms with Crippen LogP contribution in [0.1, 0.15) is 19.8 Å². The second kappa shape index (κ2) is 5.06. The van der Waals surface area contributed by atoms with Gasteiger partial charge in [0.15, 0.2) is 0 Å². The molecule has 2 N–H and O–H groups in total. The molecular formula is C12H19NO4. The third-order valence-electron chi connectivity index (χ3n) is 3.61. The largest absolute Gasteiger partial charge is 0.511 e. The van der Waals surface area contributed by atoms with Crippen LogP contribution in [0.15, 0.2) is 11.3 Å². The summed E-state index contributed by atoms with van der Waals surface area (Å²) in [6.07, 6.45) is 1.68. The zero-order valence-electron chi connectivity index (χ0n) is 10.1. The van der Waals surface area contributed by atoms with Crippen molar-refractivity contribution in [1.29, 1.82) is 0 Å². The van der Waals surface area contributed by atoms with Crippen LogP contribution in [0.3, 0.4) is 0 Å². The van der Waals surface area contributed by atoms with Gasteiger partial charge in [-0.15, -0.1) is 0 Å². The van der Waals surface area contributed by atoms with Gasteiger partial charge in [-0.05, 0) is 19.8 Å². The number of aliphatic hydroxyl groups excluding tert-OH is 2. The standard InChI is InChI=1S/C12H19NO4/c1-2-17-12(16)10-6-13-5-8(11(10)15)3-4-9(13)7-14/h8-9,14-15H,2-7H2,1H3. The number of carbonyl (C=O) groups is 1. The van der Waals surface area contributed by atoms with Crippen molar-refractivity contribution in [3.05, 3.63) is 11.3 Å². The summed E-state index contributed by atoms with van der Waals surface area (Å²) in [7, 11) is 0. The molecule has 0 aromatic heterocycles. The number of hydrogen-bond donors (Lipinski definition) is 2. The maximum atomic E-state index is 11.7. The summed E-state index contributed by atoms with van der Waals surface area (Å²) in [6.45, 7) is 3.26. The number of ether oxygens (including phenoxy) is 1. The topological polar surface area (TPSA) is 70.0 Å². The fourth-order valence-corrected chi connectivity index (χ4v) is 2.64. The SMILES string of the molecule is CCOC(=O)C1=C(O)C2CCC(CO)N(C1)C2. The van der Waals surface area contributed by atoms with Crippen LogP contribution < -0.4 is 0 Å². The van der Waals surface area contributed by atoms with Gasteiger partial charge in [-0.3, -0.25) is 4.90 Å². The van der Waals surface area contributed by atoms with Crippen LogP contribution in [0, 0.1) is 5.92 Å². The summed E-state index contributed by atoms with van der Waals surface area (Å²) in [5.74, 6) is -0.222. The molecule has 1 fully saturated rings. The van der Waals surface area contributed by atoms with Gasteiger partial charge in [-0.25, -0.2) is 4.79 Å². The molecule has 0 aliphatic carbocycles. The van der Waals surface area contributed by atoms with Gasteiger partial charge < -0.3 is 14.9 Å². The van der Waals surface area contributed by atoms with Crippen LogP contribution >= 0.6 is 0 Å². The van der Waals surface area contributed by atoms with Gasteiger partial charge in [0.25, 0.3) is 0 Å². The first kappa shape index (κ1) is 12.4. The summed E-state index contributed by atoms with van der Waals surface area (Å²) >= 11 is 0. The number of rotatable bonds is 3. The zero-order chi connectivity index (χ0) is 12.4. The molecule has 0 amide bonds. The third kappa shape index (κ3) is 2.30. The molecule has 0 radical (unpaired) electrons. The summed E-state index contributed by atoms with van der Waals surface area (Å²) in [6, 6.07) is 0.101. The Bertz CT molecular complexity index is 339. The van der Waals surface area contributed by atoms with Gasteiger partial charge in [0.1, 0.15) is 5.76 Å². The zero-order valence-corrected chi connectivity index (χ0v) is 10.1. The van der Waals surface area contributed by atoms with E-state index in [1.54, 1.807) is 6.92 Å². The number of fused-ring (bicyclic) bond motifs is 2. The lowest BCUT2D eigenvalue weighted by atomic mass is 9.86. The molecular weight excluding hydrogens is 222 g/mol. The highest BCUT2D eigenvalue weighted by atomic mass is 16.5. The number of hydrogen-bond acceptors (Lipinski definition) is 5. The molecule has 0 aromatic rings. The fraction of sp³-hybridized carbons (Fsp3) is 0.750. The minimum absolute atomic E-state index is 0.0194. The van der Waals surface area contributed by atoms with Gasteiger partial charge in [-0.1, -0.05) is 0 Å². The van der Waals surface area contributed by atoms with Gasteiger partial charge in [0.2, 0.25) is 0 Å². The van der Waals surface area contributed by atoms with E-state index in [0.717, 1.165) is 19.4 Å². The van der Waals surface area contributed by atoms with E-state index in [0.29, 0.717) is 18.7 Å². The Balaban J connectivity index is 2.18. The summed E-state index contributed by atoms with van der Waals surface area (Å²) in [5, 5.41) is 19.3. The lowest BCUT2D eigenvalue weighted by Gasteiger charge is -2.42. The summed E-state index contributed by atoms with van der Waals surface area (Å²) in [4.78, 5) is 13.8. The Hall–Kier alpha value is -1.07. The van der Waals surface area contributed by atoms with Crippen molar-refractivity contribution in [2.45, 2.75) is 25.8 Å². The molecule has 2 aliphatic rings. The molecule has 0 aromatic carbocycles. The van der Waals surface area contributed by atoms with Crippen molar-refractivity contribution in [3.63, 3.8) is 0 Å². The van der Waals surface area contributed by atoms with Gasteiger partial charge in [-0.2, -0.15) is 0 Å². The minimum atomic E-state index is -0.432. The van der Waals surface area contributed by atoms with E-state index >= 15 is 0 Å². The highest BCUT2D eigenvalue weighted by Crippen LogP contribution is 2.33. The van der Waals surface area contributed by atoms with Crippen molar-refractivity contribution in [2.75, 3.05) is 26.3 Å².